The Labute approximate surface area is 115 Å². The molecule has 0 bridgehead atoms. The second-order valence-corrected chi connectivity index (χ2v) is 5.67. The number of aromatic amines is 1. The number of nitrogens with zero attached hydrogens (tertiary/aromatic N) is 2. The second kappa shape index (κ2) is 5.30. The van der Waals surface area contributed by atoms with Crippen molar-refractivity contribution in [2.75, 3.05) is 4.72 Å². The molecule has 104 valence electrons. The number of sulfonamides is 1. The van der Waals surface area contributed by atoms with Crippen LogP contribution in [0.1, 0.15) is 18.1 Å². The Morgan fingerprint density at radius 1 is 1.50 bits per heavy atom. The highest BCUT2D eigenvalue weighted by Crippen LogP contribution is 2.19. The van der Waals surface area contributed by atoms with Crippen LogP contribution < -0.4 is 4.72 Å². The number of anilines is 1. The van der Waals surface area contributed by atoms with E-state index in [2.05, 4.69) is 14.9 Å². The molecule has 6 nitrogen and oxygen atoms in total. The predicted molar refractivity (Wildman–Crippen MR) is 69.9 cm³/mol. The zero-order chi connectivity index (χ0) is 14.8. The first-order valence-electron chi connectivity index (χ1n) is 5.72. The zero-order valence-corrected chi connectivity index (χ0v) is 11.3. The Morgan fingerprint density at radius 2 is 2.25 bits per heavy atom. The summed E-state index contributed by atoms with van der Waals surface area (Å²) in [5.74, 6) is -0.502. The smallest absolute Gasteiger partial charge is 0.263 e. The summed E-state index contributed by atoms with van der Waals surface area (Å²) in [5, 5.41) is 15.0. The molecule has 8 heteroatoms. The molecule has 2 rings (SSSR count). The van der Waals surface area contributed by atoms with Gasteiger partial charge >= 0.3 is 0 Å². The van der Waals surface area contributed by atoms with Crippen molar-refractivity contribution in [3.8, 4) is 6.07 Å². The van der Waals surface area contributed by atoms with Crippen molar-refractivity contribution < 1.29 is 12.8 Å². The van der Waals surface area contributed by atoms with E-state index >= 15 is 0 Å². The molecular weight excluding hydrogens is 283 g/mol. The van der Waals surface area contributed by atoms with Crippen molar-refractivity contribution in [2.24, 2.45) is 0 Å². The van der Waals surface area contributed by atoms with Gasteiger partial charge in [0.1, 0.15) is 17.7 Å². The number of hydrogen-bond acceptors (Lipinski definition) is 4. The van der Waals surface area contributed by atoms with Crippen molar-refractivity contribution in [3.63, 3.8) is 0 Å². The highest BCUT2D eigenvalue weighted by Gasteiger charge is 2.18. The van der Waals surface area contributed by atoms with Crippen LogP contribution in [0.5, 0.6) is 0 Å². The number of aromatic nitrogens is 2. The lowest BCUT2D eigenvalue weighted by atomic mass is 10.2. The molecule has 1 aromatic carbocycles. The molecule has 1 aromatic heterocycles. The van der Waals surface area contributed by atoms with Gasteiger partial charge in [0, 0.05) is 5.56 Å². The van der Waals surface area contributed by atoms with Crippen LogP contribution >= 0.6 is 0 Å². The number of benzene rings is 1. The van der Waals surface area contributed by atoms with Crippen LogP contribution in [0, 0.1) is 17.1 Å². The van der Waals surface area contributed by atoms with E-state index in [0.717, 1.165) is 18.2 Å². The fraction of sp³-hybridized carbons (Fsp3) is 0.167. The summed E-state index contributed by atoms with van der Waals surface area (Å²) in [4.78, 5) is -0.188. The van der Waals surface area contributed by atoms with E-state index in [9.17, 15) is 12.8 Å². The van der Waals surface area contributed by atoms with Crippen molar-refractivity contribution in [3.05, 3.63) is 41.3 Å². The average molecular weight is 294 g/mol. The molecule has 0 spiro atoms. The highest BCUT2D eigenvalue weighted by atomic mass is 32.2. The lowest BCUT2D eigenvalue weighted by Gasteiger charge is -2.08. The zero-order valence-electron chi connectivity index (χ0n) is 10.5. The van der Waals surface area contributed by atoms with E-state index in [0.29, 0.717) is 12.0 Å². The summed E-state index contributed by atoms with van der Waals surface area (Å²) in [6, 6.07) is 4.63. The van der Waals surface area contributed by atoms with Crippen molar-refractivity contribution in [1.82, 2.24) is 10.2 Å². The summed E-state index contributed by atoms with van der Waals surface area (Å²) in [6.45, 7) is 1.86. The highest BCUT2D eigenvalue weighted by molar-refractivity contribution is 7.92. The van der Waals surface area contributed by atoms with Crippen LogP contribution in [-0.2, 0) is 16.4 Å². The fourth-order valence-corrected chi connectivity index (χ4v) is 2.70. The number of halogens is 1. The van der Waals surface area contributed by atoms with Gasteiger partial charge in [-0.15, -0.1) is 0 Å². The summed E-state index contributed by atoms with van der Waals surface area (Å²) >= 11 is 0. The van der Waals surface area contributed by atoms with Crippen LogP contribution in [0.25, 0.3) is 0 Å². The maximum absolute atomic E-state index is 13.2. The molecule has 0 aliphatic heterocycles. The van der Waals surface area contributed by atoms with Crippen LogP contribution in [0.4, 0.5) is 10.2 Å². The lowest BCUT2D eigenvalue weighted by molar-refractivity contribution is 0.599. The van der Waals surface area contributed by atoms with E-state index in [-0.39, 0.29) is 16.3 Å². The van der Waals surface area contributed by atoms with Crippen molar-refractivity contribution >= 4 is 15.8 Å². The molecule has 0 atom stereocenters. The molecule has 0 saturated heterocycles. The summed E-state index contributed by atoms with van der Waals surface area (Å²) in [5.41, 5.74) is 0.379. The number of nitrogens with one attached hydrogen (secondary N) is 2. The number of hydrogen-bond donors (Lipinski definition) is 2. The number of aryl methyl sites for hydroxylation is 1. The van der Waals surface area contributed by atoms with E-state index in [1.807, 2.05) is 6.92 Å². The maximum atomic E-state index is 13.2. The van der Waals surface area contributed by atoms with E-state index in [1.54, 1.807) is 6.07 Å². The minimum atomic E-state index is -3.90. The van der Waals surface area contributed by atoms with E-state index in [1.165, 1.54) is 6.20 Å². The maximum Gasteiger partial charge on any atom is 0.263 e. The monoisotopic (exact) mass is 294 g/mol. The Morgan fingerprint density at radius 3 is 2.90 bits per heavy atom. The third-order valence-corrected chi connectivity index (χ3v) is 4.05. The summed E-state index contributed by atoms with van der Waals surface area (Å²) < 4.78 is 39.8. The van der Waals surface area contributed by atoms with Crippen LogP contribution in [0.3, 0.4) is 0 Å². The Kier molecular flexibility index (Phi) is 3.72. The Balaban J connectivity index is 2.39. The van der Waals surface area contributed by atoms with Crippen LogP contribution in [0.2, 0.25) is 0 Å². The Bertz CT molecular complexity index is 777. The van der Waals surface area contributed by atoms with Gasteiger partial charge in [0.25, 0.3) is 10.0 Å². The van der Waals surface area contributed by atoms with Crippen molar-refractivity contribution in [2.45, 2.75) is 18.2 Å². The third-order valence-electron chi connectivity index (χ3n) is 2.70. The van der Waals surface area contributed by atoms with Crippen LogP contribution in [-0.4, -0.2) is 18.6 Å². The number of nitriles is 1. The normalized spacial score (nSPS) is 11.1. The molecular formula is C12H11FN4O2S. The molecule has 0 aliphatic carbocycles. The molecule has 1 heterocycles. The summed E-state index contributed by atoms with van der Waals surface area (Å²) in [7, 11) is -3.90. The van der Waals surface area contributed by atoms with E-state index in [4.69, 9.17) is 5.26 Å². The Hall–Kier alpha value is -2.40. The fourth-order valence-electron chi connectivity index (χ4n) is 1.62. The largest absolute Gasteiger partial charge is 0.264 e. The van der Waals surface area contributed by atoms with Gasteiger partial charge in [-0.3, -0.25) is 9.82 Å². The van der Waals surface area contributed by atoms with Crippen LogP contribution in [0.15, 0.2) is 29.3 Å². The minimum Gasteiger partial charge on any atom is -0.264 e. The molecule has 0 fully saturated rings. The number of rotatable bonds is 4. The topological polar surface area (TPSA) is 98.6 Å². The van der Waals surface area contributed by atoms with Gasteiger partial charge in [-0.2, -0.15) is 10.4 Å². The molecule has 0 aliphatic rings. The van der Waals surface area contributed by atoms with Gasteiger partial charge in [-0.1, -0.05) is 6.92 Å². The molecule has 0 saturated carbocycles. The third kappa shape index (κ3) is 2.62. The first kappa shape index (κ1) is 14.0. The van der Waals surface area contributed by atoms with Gasteiger partial charge in [0.2, 0.25) is 0 Å². The van der Waals surface area contributed by atoms with E-state index < -0.39 is 15.8 Å². The quantitative estimate of drug-likeness (QED) is 0.898. The van der Waals surface area contributed by atoms with Gasteiger partial charge in [0.05, 0.1) is 16.7 Å². The SMILES string of the molecule is CCc1cn[nH]c1NS(=O)(=O)c1ccc(F)c(C#N)c1. The molecule has 2 N–H and O–H groups in total. The molecule has 20 heavy (non-hydrogen) atoms. The second-order valence-electron chi connectivity index (χ2n) is 3.98. The van der Waals surface area contributed by atoms with Gasteiger partial charge in [0.15, 0.2) is 0 Å². The van der Waals surface area contributed by atoms with Crippen molar-refractivity contribution in [1.29, 1.82) is 5.26 Å². The van der Waals surface area contributed by atoms with Gasteiger partial charge < -0.3 is 0 Å². The van der Waals surface area contributed by atoms with Gasteiger partial charge in [-0.05, 0) is 24.6 Å². The molecule has 0 unspecified atom stereocenters. The molecule has 0 amide bonds. The van der Waals surface area contributed by atoms with Gasteiger partial charge in [-0.25, -0.2) is 12.8 Å². The molecule has 0 radical (unpaired) electrons. The minimum absolute atomic E-state index is 0.188. The number of H-pyrrole nitrogens is 1. The molecule has 2 aromatic rings. The predicted octanol–water partition coefficient (Wildman–Crippen LogP) is 1.78. The summed E-state index contributed by atoms with van der Waals surface area (Å²) in [6.07, 6.45) is 2.12. The first-order valence-corrected chi connectivity index (χ1v) is 7.21. The first-order chi connectivity index (χ1) is 9.47. The standard InChI is InChI=1S/C12H11FN4O2S/c1-2-8-7-15-16-12(8)17-20(18,19)10-3-4-11(13)9(5-10)6-14/h3-5,7H,2H2,1H3,(H2,15,16,17). The lowest BCUT2D eigenvalue weighted by Crippen LogP contribution is -2.14. The average Bonchev–Trinajstić information content (AvgIpc) is 2.85.